The first-order valence-corrected chi connectivity index (χ1v) is 6.89. The molecule has 1 aliphatic rings. The van der Waals surface area contributed by atoms with Gasteiger partial charge in [-0.2, -0.15) is 0 Å². The molecule has 0 aromatic carbocycles. The van der Waals surface area contributed by atoms with E-state index in [1.807, 2.05) is 0 Å². The van der Waals surface area contributed by atoms with Crippen molar-refractivity contribution in [3.8, 4) is 0 Å². The van der Waals surface area contributed by atoms with Crippen LogP contribution < -0.4 is 10.6 Å². The molecule has 0 aliphatic carbocycles. The molecule has 1 amide bonds. The van der Waals surface area contributed by atoms with Gasteiger partial charge in [0.15, 0.2) is 0 Å². The van der Waals surface area contributed by atoms with Crippen molar-refractivity contribution >= 4 is 5.91 Å². The van der Waals surface area contributed by atoms with Crippen LogP contribution in [0.25, 0.3) is 0 Å². The normalized spacial score (nSPS) is 21.6. The molecule has 1 heterocycles. The Hall–Kier alpha value is -0.570. The van der Waals surface area contributed by atoms with Crippen molar-refractivity contribution in [3.05, 3.63) is 0 Å². The smallest absolute Gasteiger partial charge is 0.220 e. The summed E-state index contributed by atoms with van der Waals surface area (Å²) in [6.45, 7) is 11.7. The van der Waals surface area contributed by atoms with Crippen LogP contribution in [0.4, 0.5) is 0 Å². The standard InChI is InChI=1S/C14H28N2O/c1-11(2)14(3,4)10-16-13(17)8-12-6-5-7-15-9-12/h11-12,15H,5-10H2,1-4H3,(H,16,17). The maximum absolute atomic E-state index is 11.8. The highest BCUT2D eigenvalue weighted by Crippen LogP contribution is 2.24. The Morgan fingerprint density at radius 2 is 2.18 bits per heavy atom. The van der Waals surface area contributed by atoms with E-state index >= 15 is 0 Å². The highest BCUT2D eigenvalue weighted by molar-refractivity contribution is 5.76. The van der Waals surface area contributed by atoms with Crippen molar-refractivity contribution < 1.29 is 4.79 Å². The molecule has 1 atom stereocenters. The Bertz CT molecular complexity index is 243. The number of rotatable bonds is 5. The number of hydrogen-bond donors (Lipinski definition) is 2. The fourth-order valence-electron chi connectivity index (χ4n) is 1.96. The maximum atomic E-state index is 11.8. The van der Waals surface area contributed by atoms with Gasteiger partial charge < -0.3 is 10.6 Å². The summed E-state index contributed by atoms with van der Waals surface area (Å²) < 4.78 is 0. The highest BCUT2D eigenvalue weighted by atomic mass is 16.1. The fraction of sp³-hybridized carbons (Fsp3) is 0.929. The number of carbonyl (C=O) groups excluding carboxylic acids is 1. The van der Waals surface area contributed by atoms with Crippen molar-refractivity contribution in [1.29, 1.82) is 0 Å². The summed E-state index contributed by atoms with van der Waals surface area (Å²) in [5.41, 5.74) is 0.181. The molecule has 17 heavy (non-hydrogen) atoms. The van der Waals surface area contributed by atoms with Gasteiger partial charge in [-0.3, -0.25) is 4.79 Å². The van der Waals surface area contributed by atoms with Gasteiger partial charge in [0.05, 0.1) is 0 Å². The minimum atomic E-state index is 0.181. The molecule has 1 unspecified atom stereocenters. The van der Waals surface area contributed by atoms with E-state index in [0.717, 1.165) is 19.6 Å². The molecule has 0 aromatic heterocycles. The zero-order valence-corrected chi connectivity index (χ0v) is 11.8. The largest absolute Gasteiger partial charge is 0.356 e. The molecule has 1 aliphatic heterocycles. The topological polar surface area (TPSA) is 41.1 Å². The average Bonchev–Trinajstić information content (AvgIpc) is 2.28. The molecule has 2 N–H and O–H groups in total. The lowest BCUT2D eigenvalue weighted by Crippen LogP contribution is -2.39. The summed E-state index contributed by atoms with van der Waals surface area (Å²) in [6, 6.07) is 0. The van der Waals surface area contributed by atoms with Gasteiger partial charge in [-0.1, -0.05) is 27.7 Å². The van der Waals surface area contributed by atoms with Crippen LogP contribution in [-0.2, 0) is 4.79 Å². The number of nitrogens with one attached hydrogen (secondary N) is 2. The predicted molar refractivity (Wildman–Crippen MR) is 71.8 cm³/mol. The molecular formula is C14H28N2O. The van der Waals surface area contributed by atoms with Crippen LogP contribution in [0, 0.1) is 17.3 Å². The van der Waals surface area contributed by atoms with E-state index in [2.05, 4.69) is 38.3 Å². The van der Waals surface area contributed by atoms with E-state index in [9.17, 15) is 4.79 Å². The Labute approximate surface area is 106 Å². The van der Waals surface area contributed by atoms with Gasteiger partial charge in [0.25, 0.3) is 0 Å². The van der Waals surface area contributed by atoms with Crippen molar-refractivity contribution in [3.63, 3.8) is 0 Å². The SMILES string of the molecule is CC(C)C(C)(C)CNC(=O)CC1CCCNC1. The summed E-state index contributed by atoms with van der Waals surface area (Å²) in [7, 11) is 0. The van der Waals surface area contributed by atoms with Crippen LogP contribution >= 0.6 is 0 Å². The zero-order chi connectivity index (χ0) is 12.9. The summed E-state index contributed by atoms with van der Waals surface area (Å²) in [5, 5.41) is 6.44. The quantitative estimate of drug-likeness (QED) is 0.773. The van der Waals surface area contributed by atoms with E-state index < -0.39 is 0 Å². The molecule has 0 saturated carbocycles. The average molecular weight is 240 g/mol. The van der Waals surface area contributed by atoms with E-state index in [4.69, 9.17) is 0 Å². The Morgan fingerprint density at radius 1 is 1.47 bits per heavy atom. The Kier molecular flexibility index (Phi) is 5.44. The van der Waals surface area contributed by atoms with Crippen LogP contribution in [0.15, 0.2) is 0 Å². The molecule has 0 bridgehead atoms. The highest BCUT2D eigenvalue weighted by Gasteiger charge is 2.23. The molecule has 1 rings (SSSR count). The van der Waals surface area contributed by atoms with Gasteiger partial charge in [0.2, 0.25) is 5.91 Å². The third kappa shape index (κ3) is 5.07. The minimum absolute atomic E-state index is 0.181. The van der Waals surface area contributed by atoms with Crippen LogP contribution in [0.5, 0.6) is 0 Å². The van der Waals surface area contributed by atoms with Crippen LogP contribution in [0.3, 0.4) is 0 Å². The van der Waals surface area contributed by atoms with Crippen LogP contribution in [0.1, 0.15) is 47.0 Å². The summed E-state index contributed by atoms with van der Waals surface area (Å²) in [4.78, 5) is 11.8. The lowest BCUT2D eigenvalue weighted by Gasteiger charge is -2.30. The number of hydrogen-bond acceptors (Lipinski definition) is 2. The maximum Gasteiger partial charge on any atom is 0.220 e. The van der Waals surface area contributed by atoms with Gasteiger partial charge in [-0.05, 0) is 43.2 Å². The number of piperidine rings is 1. The summed E-state index contributed by atoms with van der Waals surface area (Å²) >= 11 is 0. The Balaban J connectivity index is 2.25. The third-order valence-electron chi connectivity index (χ3n) is 4.18. The predicted octanol–water partition coefficient (Wildman–Crippen LogP) is 2.17. The van der Waals surface area contributed by atoms with E-state index in [1.165, 1.54) is 12.8 Å². The summed E-state index contributed by atoms with van der Waals surface area (Å²) in [6.07, 6.45) is 3.07. The Morgan fingerprint density at radius 3 is 2.71 bits per heavy atom. The molecule has 100 valence electrons. The molecule has 3 nitrogen and oxygen atoms in total. The first kappa shape index (κ1) is 14.5. The lowest BCUT2D eigenvalue weighted by molar-refractivity contribution is -0.122. The third-order valence-corrected chi connectivity index (χ3v) is 4.18. The van der Waals surface area contributed by atoms with Crippen molar-refractivity contribution in [1.82, 2.24) is 10.6 Å². The summed E-state index contributed by atoms with van der Waals surface area (Å²) in [5.74, 6) is 1.33. The molecule has 1 saturated heterocycles. The van der Waals surface area contributed by atoms with E-state index in [1.54, 1.807) is 0 Å². The second-order valence-electron chi connectivity index (χ2n) is 6.34. The minimum Gasteiger partial charge on any atom is -0.356 e. The molecular weight excluding hydrogens is 212 g/mol. The van der Waals surface area contributed by atoms with Gasteiger partial charge in [0, 0.05) is 13.0 Å². The van der Waals surface area contributed by atoms with Crippen molar-refractivity contribution in [2.75, 3.05) is 19.6 Å². The first-order valence-electron chi connectivity index (χ1n) is 6.89. The molecule has 0 aromatic rings. The van der Waals surface area contributed by atoms with Gasteiger partial charge >= 0.3 is 0 Å². The molecule has 1 fully saturated rings. The van der Waals surface area contributed by atoms with Crippen LogP contribution in [0.2, 0.25) is 0 Å². The molecule has 0 spiro atoms. The zero-order valence-electron chi connectivity index (χ0n) is 11.8. The fourth-order valence-corrected chi connectivity index (χ4v) is 1.96. The lowest BCUT2D eigenvalue weighted by atomic mass is 9.81. The molecule has 3 heteroatoms. The van der Waals surface area contributed by atoms with E-state index in [-0.39, 0.29) is 11.3 Å². The van der Waals surface area contributed by atoms with Gasteiger partial charge in [0.1, 0.15) is 0 Å². The van der Waals surface area contributed by atoms with Gasteiger partial charge in [-0.15, -0.1) is 0 Å². The van der Waals surface area contributed by atoms with Crippen molar-refractivity contribution in [2.24, 2.45) is 17.3 Å². The second kappa shape index (κ2) is 6.39. The van der Waals surface area contributed by atoms with Crippen LogP contribution in [-0.4, -0.2) is 25.5 Å². The number of amides is 1. The first-order chi connectivity index (χ1) is 7.92. The number of carbonyl (C=O) groups is 1. The van der Waals surface area contributed by atoms with E-state index in [0.29, 0.717) is 18.3 Å². The van der Waals surface area contributed by atoms with Gasteiger partial charge in [-0.25, -0.2) is 0 Å². The van der Waals surface area contributed by atoms with Crippen molar-refractivity contribution in [2.45, 2.75) is 47.0 Å². The molecule has 0 radical (unpaired) electrons. The monoisotopic (exact) mass is 240 g/mol. The second-order valence-corrected chi connectivity index (χ2v) is 6.34.